The molecule has 1 unspecified atom stereocenters. The number of benzene rings is 1. The number of hydrogen-bond acceptors (Lipinski definition) is 2. The minimum absolute atomic E-state index is 0.182. The molecule has 0 radical (unpaired) electrons. The number of rotatable bonds is 2. The highest BCUT2D eigenvalue weighted by molar-refractivity contribution is 5.46. The molecule has 16 heavy (non-hydrogen) atoms. The summed E-state index contributed by atoms with van der Waals surface area (Å²) in [7, 11) is 1.39. The summed E-state index contributed by atoms with van der Waals surface area (Å²) >= 11 is 0. The highest BCUT2D eigenvalue weighted by Gasteiger charge is 2.61. The average Bonchev–Trinajstić information content (AvgIpc) is 2.64. The summed E-state index contributed by atoms with van der Waals surface area (Å²) in [5, 5.41) is 0. The highest BCUT2D eigenvalue weighted by atomic mass is 19.1. The summed E-state index contributed by atoms with van der Waals surface area (Å²) in [6.45, 7) is 3.91. The maximum Gasteiger partial charge on any atom is 0.134 e. The van der Waals surface area contributed by atoms with Crippen LogP contribution in [0.4, 0.5) is 8.78 Å². The van der Waals surface area contributed by atoms with Gasteiger partial charge in [-0.25, -0.2) is 8.78 Å². The van der Waals surface area contributed by atoms with Gasteiger partial charge in [0.15, 0.2) is 0 Å². The lowest BCUT2D eigenvalue weighted by atomic mass is 9.95. The third-order valence-electron chi connectivity index (χ3n) is 3.49. The van der Waals surface area contributed by atoms with Gasteiger partial charge in [0, 0.05) is 12.1 Å². The summed E-state index contributed by atoms with van der Waals surface area (Å²) in [6.07, 6.45) is 0.666. The van der Waals surface area contributed by atoms with Gasteiger partial charge in [0.25, 0.3) is 0 Å². The zero-order valence-electron chi connectivity index (χ0n) is 9.60. The van der Waals surface area contributed by atoms with Crippen LogP contribution in [0.25, 0.3) is 0 Å². The van der Waals surface area contributed by atoms with Gasteiger partial charge in [0.05, 0.1) is 18.2 Å². The van der Waals surface area contributed by atoms with Gasteiger partial charge in [-0.3, -0.25) is 0 Å². The SMILES string of the molecule is COc1cc(F)cc(F)c1C1(N)CC1(C)C. The molecule has 0 aromatic heterocycles. The van der Waals surface area contributed by atoms with Crippen molar-refractivity contribution in [3.05, 3.63) is 29.3 Å². The van der Waals surface area contributed by atoms with Crippen LogP contribution in [-0.2, 0) is 5.54 Å². The Morgan fingerprint density at radius 3 is 2.31 bits per heavy atom. The Balaban J connectivity index is 2.57. The first kappa shape index (κ1) is 11.3. The Bertz CT molecular complexity index is 445. The molecule has 1 fully saturated rings. The molecule has 1 aromatic rings. The van der Waals surface area contributed by atoms with Crippen molar-refractivity contribution in [2.45, 2.75) is 25.8 Å². The molecule has 0 spiro atoms. The first-order valence-electron chi connectivity index (χ1n) is 5.14. The molecule has 4 heteroatoms. The van der Waals surface area contributed by atoms with Crippen LogP contribution in [0.15, 0.2) is 12.1 Å². The van der Waals surface area contributed by atoms with Crippen LogP contribution < -0.4 is 10.5 Å². The smallest absolute Gasteiger partial charge is 0.134 e. The van der Waals surface area contributed by atoms with Gasteiger partial charge in [-0.2, -0.15) is 0 Å². The number of methoxy groups -OCH3 is 1. The molecule has 2 N–H and O–H groups in total. The molecule has 0 heterocycles. The molecular formula is C12H15F2NO. The van der Waals surface area contributed by atoms with Crippen LogP contribution in [0.5, 0.6) is 5.75 Å². The molecule has 1 aliphatic rings. The molecule has 0 saturated heterocycles. The molecule has 2 nitrogen and oxygen atoms in total. The Labute approximate surface area is 93.4 Å². The maximum atomic E-state index is 13.8. The molecular weight excluding hydrogens is 212 g/mol. The lowest BCUT2D eigenvalue weighted by molar-refractivity contribution is 0.381. The van der Waals surface area contributed by atoms with E-state index in [1.807, 2.05) is 13.8 Å². The first-order chi connectivity index (χ1) is 7.32. The highest BCUT2D eigenvalue weighted by Crippen LogP contribution is 2.62. The fourth-order valence-corrected chi connectivity index (χ4v) is 2.22. The van der Waals surface area contributed by atoms with Crippen LogP contribution in [-0.4, -0.2) is 7.11 Å². The van der Waals surface area contributed by atoms with Gasteiger partial charge in [-0.05, 0) is 11.8 Å². The molecule has 1 aromatic carbocycles. The van der Waals surface area contributed by atoms with Crippen molar-refractivity contribution in [2.75, 3.05) is 7.11 Å². The van der Waals surface area contributed by atoms with Gasteiger partial charge in [0.2, 0.25) is 0 Å². The van der Waals surface area contributed by atoms with Gasteiger partial charge in [-0.1, -0.05) is 13.8 Å². The monoisotopic (exact) mass is 227 g/mol. The van der Waals surface area contributed by atoms with Crippen LogP contribution in [0.2, 0.25) is 0 Å². The summed E-state index contributed by atoms with van der Waals surface area (Å²) in [5.74, 6) is -1.10. The molecule has 88 valence electrons. The minimum Gasteiger partial charge on any atom is -0.496 e. The average molecular weight is 227 g/mol. The zero-order chi connectivity index (χ0) is 12.1. The molecule has 1 aliphatic carbocycles. The fraction of sp³-hybridized carbons (Fsp3) is 0.500. The van der Waals surface area contributed by atoms with E-state index in [-0.39, 0.29) is 16.7 Å². The topological polar surface area (TPSA) is 35.2 Å². The van der Waals surface area contributed by atoms with E-state index in [0.717, 1.165) is 6.07 Å². The second-order valence-corrected chi connectivity index (χ2v) is 5.00. The lowest BCUT2D eigenvalue weighted by Gasteiger charge is -2.19. The normalized spacial score (nSPS) is 26.6. The molecule has 1 atom stereocenters. The number of ether oxygens (including phenoxy) is 1. The van der Waals surface area contributed by atoms with E-state index < -0.39 is 17.2 Å². The minimum atomic E-state index is -0.754. The third-order valence-corrected chi connectivity index (χ3v) is 3.49. The number of halogens is 2. The molecule has 0 bridgehead atoms. The van der Waals surface area contributed by atoms with E-state index in [9.17, 15) is 8.78 Å². The van der Waals surface area contributed by atoms with E-state index in [2.05, 4.69) is 0 Å². The summed E-state index contributed by atoms with van der Waals surface area (Å²) in [5.41, 5.74) is 5.47. The second-order valence-electron chi connectivity index (χ2n) is 5.00. The van der Waals surface area contributed by atoms with Crippen molar-refractivity contribution in [3.8, 4) is 5.75 Å². The van der Waals surface area contributed by atoms with Gasteiger partial charge in [-0.15, -0.1) is 0 Å². The summed E-state index contributed by atoms with van der Waals surface area (Å²) in [6, 6.07) is 2.02. The first-order valence-corrected chi connectivity index (χ1v) is 5.14. The van der Waals surface area contributed by atoms with Crippen molar-refractivity contribution in [2.24, 2.45) is 11.1 Å². The van der Waals surface area contributed by atoms with Gasteiger partial charge < -0.3 is 10.5 Å². The van der Waals surface area contributed by atoms with E-state index >= 15 is 0 Å². The van der Waals surface area contributed by atoms with Crippen LogP contribution in [0.3, 0.4) is 0 Å². The number of hydrogen-bond donors (Lipinski definition) is 1. The number of nitrogens with two attached hydrogens (primary N) is 1. The largest absolute Gasteiger partial charge is 0.496 e. The maximum absolute atomic E-state index is 13.8. The molecule has 0 amide bonds. The summed E-state index contributed by atoms with van der Waals surface area (Å²) < 4.78 is 31.8. The van der Waals surface area contributed by atoms with E-state index in [0.29, 0.717) is 6.42 Å². The quantitative estimate of drug-likeness (QED) is 0.842. The Morgan fingerprint density at radius 2 is 1.88 bits per heavy atom. The Kier molecular flexibility index (Phi) is 2.24. The lowest BCUT2D eigenvalue weighted by Crippen LogP contribution is -2.27. The molecule has 0 aliphatic heterocycles. The van der Waals surface area contributed by atoms with E-state index in [1.165, 1.54) is 13.2 Å². The van der Waals surface area contributed by atoms with Crippen LogP contribution in [0, 0.1) is 17.0 Å². The summed E-state index contributed by atoms with van der Waals surface area (Å²) in [4.78, 5) is 0. The van der Waals surface area contributed by atoms with E-state index in [1.54, 1.807) is 0 Å². The zero-order valence-corrected chi connectivity index (χ0v) is 9.60. The molecule has 2 rings (SSSR count). The Morgan fingerprint density at radius 1 is 1.31 bits per heavy atom. The van der Waals surface area contributed by atoms with Crippen LogP contribution in [0.1, 0.15) is 25.8 Å². The van der Waals surface area contributed by atoms with Gasteiger partial charge in [0.1, 0.15) is 17.4 Å². The van der Waals surface area contributed by atoms with Crippen molar-refractivity contribution in [3.63, 3.8) is 0 Å². The Hall–Kier alpha value is -1.16. The second kappa shape index (κ2) is 3.17. The predicted molar refractivity (Wildman–Crippen MR) is 57.2 cm³/mol. The molecule has 1 saturated carbocycles. The van der Waals surface area contributed by atoms with Crippen molar-refractivity contribution < 1.29 is 13.5 Å². The van der Waals surface area contributed by atoms with Crippen LogP contribution >= 0.6 is 0 Å². The van der Waals surface area contributed by atoms with Crippen molar-refractivity contribution in [1.82, 2.24) is 0 Å². The third kappa shape index (κ3) is 1.40. The standard InChI is InChI=1S/C12H15F2NO/c1-11(2)6-12(11,15)10-8(14)4-7(13)5-9(10)16-3/h4-5H,6,15H2,1-3H3. The van der Waals surface area contributed by atoms with E-state index in [4.69, 9.17) is 10.5 Å². The van der Waals surface area contributed by atoms with Crippen molar-refractivity contribution in [1.29, 1.82) is 0 Å². The predicted octanol–water partition coefficient (Wildman–Crippen LogP) is 2.56. The van der Waals surface area contributed by atoms with Gasteiger partial charge >= 0.3 is 0 Å². The fourth-order valence-electron chi connectivity index (χ4n) is 2.22. The van der Waals surface area contributed by atoms with Crippen molar-refractivity contribution >= 4 is 0 Å².